The summed E-state index contributed by atoms with van der Waals surface area (Å²) in [5.41, 5.74) is 4.57. The molecule has 178 valence electrons. The second-order valence-electron chi connectivity index (χ2n) is 7.70. The second kappa shape index (κ2) is 11.2. The number of halogens is 4. The summed E-state index contributed by atoms with van der Waals surface area (Å²) >= 11 is 0. The van der Waals surface area contributed by atoms with Gasteiger partial charge < -0.3 is 20.7 Å². The van der Waals surface area contributed by atoms with Gasteiger partial charge in [0.25, 0.3) is 24.7 Å². The molecule has 1 aromatic carbocycles. The average Bonchev–Trinajstić information content (AvgIpc) is 2.67. The molecule has 3 amide bonds. The van der Waals surface area contributed by atoms with Crippen molar-refractivity contribution in [2.45, 2.75) is 32.7 Å². The van der Waals surface area contributed by atoms with E-state index in [1.165, 1.54) is 11.0 Å². The molecule has 12 heteroatoms. The number of rotatable bonds is 10. The maximum Gasteiger partial charge on any atom is 0.265 e. The fraction of sp³-hybridized carbons (Fsp3) is 0.550. The molecule has 0 spiro atoms. The zero-order chi connectivity index (χ0) is 24.0. The second-order valence-corrected chi connectivity index (χ2v) is 7.70. The van der Waals surface area contributed by atoms with Crippen molar-refractivity contribution in [3.8, 4) is 0 Å². The van der Waals surface area contributed by atoms with E-state index in [9.17, 15) is 31.9 Å². The number of amides is 3. The van der Waals surface area contributed by atoms with Crippen LogP contribution in [0.2, 0.25) is 0 Å². The van der Waals surface area contributed by atoms with Crippen LogP contribution in [0.15, 0.2) is 18.2 Å². The number of ether oxygens (including phenoxy) is 1. The summed E-state index contributed by atoms with van der Waals surface area (Å²) in [7, 11) is 0. The van der Waals surface area contributed by atoms with Crippen LogP contribution in [0.25, 0.3) is 0 Å². The van der Waals surface area contributed by atoms with Gasteiger partial charge in [0, 0.05) is 30.0 Å². The lowest BCUT2D eigenvalue weighted by Gasteiger charge is -2.30. The number of hydrogen-bond acceptors (Lipinski definition) is 5. The van der Waals surface area contributed by atoms with Gasteiger partial charge in [-0.25, -0.2) is 17.6 Å². The number of carbonyl (C=O) groups excluding carboxylic acids is 3. The smallest absolute Gasteiger partial charge is 0.265 e. The predicted molar refractivity (Wildman–Crippen MR) is 109 cm³/mol. The van der Waals surface area contributed by atoms with E-state index >= 15 is 0 Å². The van der Waals surface area contributed by atoms with Crippen LogP contribution in [-0.2, 0) is 19.1 Å². The monoisotopic (exact) mass is 462 g/mol. The van der Waals surface area contributed by atoms with Crippen LogP contribution in [0.3, 0.4) is 0 Å². The maximum atomic E-state index is 13.7. The van der Waals surface area contributed by atoms with E-state index in [-0.39, 0.29) is 43.6 Å². The fourth-order valence-electron chi connectivity index (χ4n) is 3.41. The van der Waals surface area contributed by atoms with Gasteiger partial charge in [0.1, 0.15) is 6.61 Å². The summed E-state index contributed by atoms with van der Waals surface area (Å²) in [6, 6.07) is 1.79. The number of alkyl halides is 4. The highest BCUT2D eigenvalue weighted by molar-refractivity contribution is 6.10. The molecule has 1 heterocycles. The fourth-order valence-corrected chi connectivity index (χ4v) is 3.41. The number of carbonyl (C=O) groups is 3. The first-order chi connectivity index (χ1) is 15.0. The summed E-state index contributed by atoms with van der Waals surface area (Å²) in [5, 5.41) is 2.21. The Morgan fingerprint density at radius 1 is 1.22 bits per heavy atom. The molecule has 3 N–H and O–H groups in total. The van der Waals surface area contributed by atoms with Gasteiger partial charge >= 0.3 is 0 Å². The van der Waals surface area contributed by atoms with Gasteiger partial charge in [-0.05, 0) is 24.1 Å². The van der Waals surface area contributed by atoms with Crippen LogP contribution in [0, 0.1) is 5.92 Å². The largest absolute Gasteiger partial charge is 0.370 e. The average molecular weight is 462 g/mol. The minimum absolute atomic E-state index is 0.0366. The Hall–Kier alpha value is -2.73. The first kappa shape index (κ1) is 25.5. The van der Waals surface area contributed by atoms with E-state index in [0.29, 0.717) is 0 Å². The first-order valence-electron chi connectivity index (χ1n) is 9.93. The number of morpholine rings is 1. The molecule has 1 aliphatic heterocycles. The molecule has 0 aromatic heterocycles. The molecule has 2 rings (SSSR count). The Bertz CT molecular complexity index is 828. The normalized spacial score (nSPS) is 15.7. The molecule has 0 bridgehead atoms. The van der Waals surface area contributed by atoms with E-state index in [4.69, 9.17) is 10.5 Å². The third kappa shape index (κ3) is 6.63. The van der Waals surface area contributed by atoms with Gasteiger partial charge in [-0.2, -0.15) is 0 Å². The summed E-state index contributed by atoms with van der Waals surface area (Å²) in [5.74, 6) is -2.86. The minimum atomic E-state index is -3.03. The van der Waals surface area contributed by atoms with Crippen LogP contribution < -0.4 is 16.0 Å². The Morgan fingerprint density at radius 3 is 2.44 bits per heavy atom. The first-order valence-corrected chi connectivity index (χ1v) is 9.93. The number of nitrogens with zero attached hydrogens (tertiary/aromatic N) is 2. The highest BCUT2D eigenvalue weighted by Gasteiger charge is 2.34. The van der Waals surface area contributed by atoms with Crippen LogP contribution in [-0.4, -0.2) is 67.9 Å². The van der Waals surface area contributed by atoms with Gasteiger partial charge in [-0.3, -0.25) is 19.3 Å². The molecule has 0 aliphatic carbocycles. The van der Waals surface area contributed by atoms with E-state index in [2.05, 4.69) is 5.32 Å². The lowest BCUT2D eigenvalue weighted by atomic mass is 10.1. The van der Waals surface area contributed by atoms with Crippen molar-refractivity contribution in [1.82, 2.24) is 4.90 Å². The molecule has 32 heavy (non-hydrogen) atoms. The maximum absolute atomic E-state index is 13.7. The zero-order valence-corrected chi connectivity index (χ0v) is 17.7. The zero-order valence-electron chi connectivity index (χ0n) is 17.7. The lowest BCUT2D eigenvalue weighted by Crippen LogP contribution is -2.54. The molecule has 1 aliphatic rings. The standard InChI is InChI=1S/C20H26F4N4O4/c1-11(2)8-27(9-15(21)22)17(19(25)30)20(31)26-14-4-3-12(7-13(14)18(23)24)28-5-6-32-10-16(28)29/h3-4,7,11,15,17-18H,5-6,8-10H2,1-2H3,(H2,25,30)(H,26,31)/t17-/m1/s1. The Morgan fingerprint density at radius 2 is 1.91 bits per heavy atom. The Balaban J connectivity index is 2.32. The van der Waals surface area contributed by atoms with Crippen molar-refractivity contribution in [2.75, 3.05) is 43.1 Å². The molecule has 1 atom stereocenters. The summed E-state index contributed by atoms with van der Waals surface area (Å²) in [4.78, 5) is 38.9. The Kier molecular flexibility index (Phi) is 8.96. The Labute approximate surface area is 182 Å². The lowest BCUT2D eigenvalue weighted by molar-refractivity contribution is -0.133. The van der Waals surface area contributed by atoms with E-state index in [1.807, 2.05) is 0 Å². The van der Waals surface area contributed by atoms with Crippen LogP contribution in [0.5, 0.6) is 0 Å². The van der Waals surface area contributed by atoms with Gasteiger partial charge in [-0.1, -0.05) is 13.8 Å². The predicted octanol–water partition coefficient (Wildman–Crippen LogP) is 2.00. The van der Waals surface area contributed by atoms with E-state index in [1.54, 1.807) is 13.8 Å². The third-order valence-electron chi connectivity index (χ3n) is 4.68. The molecule has 1 saturated heterocycles. The molecule has 1 fully saturated rings. The van der Waals surface area contributed by atoms with Crippen LogP contribution >= 0.6 is 0 Å². The molecule has 0 radical (unpaired) electrons. The van der Waals surface area contributed by atoms with Crippen molar-refractivity contribution < 1.29 is 36.7 Å². The van der Waals surface area contributed by atoms with Gasteiger partial charge in [-0.15, -0.1) is 0 Å². The molecule has 0 saturated carbocycles. The van der Waals surface area contributed by atoms with Crippen molar-refractivity contribution in [1.29, 1.82) is 0 Å². The number of nitrogens with one attached hydrogen (secondary N) is 1. The molecule has 0 unspecified atom stereocenters. The number of benzene rings is 1. The van der Waals surface area contributed by atoms with Crippen molar-refractivity contribution >= 4 is 29.1 Å². The summed E-state index contributed by atoms with van der Waals surface area (Å²) in [6.07, 6.45) is -5.87. The number of hydrogen-bond donors (Lipinski definition) is 2. The SMILES string of the molecule is CC(C)CN(CC(F)F)[C@H](C(N)=O)C(=O)Nc1ccc(N2CCOCC2=O)cc1C(F)F. The number of anilines is 2. The topological polar surface area (TPSA) is 105 Å². The van der Waals surface area contributed by atoms with Crippen LogP contribution in [0.1, 0.15) is 25.8 Å². The molecule has 8 nitrogen and oxygen atoms in total. The van der Waals surface area contributed by atoms with E-state index in [0.717, 1.165) is 17.0 Å². The summed E-state index contributed by atoms with van der Waals surface area (Å²) in [6.45, 7) is 2.71. The van der Waals surface area contributed by atoms with Crippen LogP contribution in [0.4, 0.5) is 28.9 Å². The van der Waals surface area contributed by atoms with Crippen molar-refractivity contribution in [2.24, 2.45) is 11.7 Å². The number of primary amides is 1. The van der Waals surface area contributed by atoms with Gasteiger partial charge in [0.05, 0.1) is 13.2 Å². The molecular weight excluding hydrogens is 436 g/mol. The highest BCUT2D eigenvalue weighted by atomic mass is 19.3. The van der Waals surface area contributed by atoms with Gasteiger partial charge in [0.15, 0.2) is 6.04 Å². The quantitative estimate of drug-likeness (QED) is 0.409. The summed E-state index contributed by atoms with van der Waals surface area (Å²) < 4.78 is 58.4. The minimum Gasteiger partial charge on any atom is -0.370 e. The third-order valence-corrected chi connectivity index (χ3v) is 4.68. The molecule has 1 aromatic rings. The molecular formula is C20H26F4N4O4. The number of nitrogens with two attached hydrogens (primary N) is 1. The van der Waals surface area contributed by atoms with Crippen molar-refractivity contribution in [3.05, 3.63) is 23.8 Å². The highest BCUT2D eigenvalue weighted by Crippen LogP contribution is 2.32. The van der Waals surface area contributed by atoms with Gasteiger partial charge in [0.2, 0.25) is 5.91 Å². The van der Waals surface area contributed by atoms with Crippen molar-refractivity contribution in [3.63, 3.8) is 0 Å². The van der Waals surface area contributed by atoms with E-state index < -0.39 is 48.7 Å².